The Hall–Kier alpha value is -0.670. The van der Waals surface area contributed by atoms with E-state index in [0.29, 0.717) is 19.4 Å². The summed E-state index contributed by atoms with van der Waals surface area (Å²) in [6.07, 6.45) is 1.98. The molecule has 0 aromatic rings. The minimum Gasteiger partial charge on any atom is -0.481 e. The van der Waals surface area contributed by atoms with Crippen molar-refractivity contribution in [3.63, 3.8) is 0 Å². The Bertz CT molecular complexity index is 524. The highest BCUT2D eigenvalue weighted by Crippen LogP contribution is 2.20. The zero-order valence-corrected chi connectivity index (χ0v) is 12.4. The summed E-state index contributed by atoms with van der Waals surface area (Å²) in [4.78, 5) is 10.4. The zero-order valence-electron chi connectivity index (χ0n) is 10.8. The van der Waals surface area contributed by atoms with E-state index in [1.54, 1.807) is 0 Å². The van der Waals surface area contributed by atoms with Gasteiger partial charge in [-0.05, 0) is 18.8 Å². The van der Waals surface area contributed by atoms with Crippen molar-refractivity contribution in [3.8, 4) is 0 Å². The van der Waals surface area contributed by atoms with Gasteiger partial charge in [-0.15, -0.1) is 0 Å². The molecule has 1 unspecified atom stereocenters. The molecular weight excluding hydrogens is 294 g/mol. The lowest BCUT2D eigenvalue weighted by Gasteiger charge is -2.30. The molecule has 0 amide bonds. The monoisotopic (exact) mass is 313 g/mol. The molecule has 1 aliphatic heterocycles. The van der Waals surface area contributed by atoms with E-state index >= 15 is 0 Å². The van der Waals surface area contributed by atoms with Gasteiger partial charge in [0.15, 0.2) is 9.84 Å². The van der Waals surface area contributed by atoms with E-state index in [1.165, 1.54) is 4.31 Å². The van der Waals surface area contributed by atoms with Crippen molar-refractivity contribution in [3.05, 3.63) is 0 Å². The molecule has 0 aromatic heterocycles. The van der Waals surface area contributed by atoms with E-state index in [0.717, 1.165) is 6.26 Å². The first-order chi connectivity index (χ1) is 8.60. The van der Waals surface area contributed by atoms with E-state index in [2.05, 4.69) is 0 Å². The van der Waals surface area contributed by atoms with E-state index in [-0.39, 0.29) is 18.2 Å². The molecule has 112 valence electrons. The summed E-state index contributed by atoms with van der Waals surface area (Å²) < 4.78 is 47.6. The molecule has 0 radical (unpaired) electrons. The second kappa shape index (κ2) is 6.19. The SMILES string of the molecule is CS(=O)(=O)N1CCCC(CS(=O)(=O)CCC(=O)O)C1. The minimum atomic E-state index is -3.45. The minimum absolute atomic E-state index is 0.147. The highest BCUT2D eigenvalue weighted by Gasteiger charge is 2.29. The maximum Gasteiger partial charge on any atom is 0.304 e. The summed E-state index contributed by atoms with van der Waals surface area (Å²) in [6.45, 7) is 0.621. The molecular formula is C10H19NO6S2. The highest BCUT2D eigenvalue weighted by atomic mass is 32.2. The van der Waals surface area contributed by atoms with Crippen LogP contribution in [-0.2, 0) is 24.7 Å². The lowest BCUT2D eigenvalue weighted by atomic mass is 10.0. The fraction of sp³-hybridized carbons (Fsp3) is 0.900. The van der Waals surface area contributed by atoms with Gasteiger partial charge in [-0.3, -0.25) is 4.79 Å². The molecule has 1 fully saturated rings. The van der Waals surface area contributed by atoms with Gasteiger partial charge in [-0.1, -0.05) is 0 Å². The van der Waals surface area contributed by atoms with Crippen LogP contribution in [0.4, 0.5) is 0 Å². The van der Waals surface area contributed by atoms with Gasteiger partial charge in [0.1, 0.15) is 0 Å². The number of carboxylic acid groups (broad SMARTS) is 1. The number of sulfonamides is 1. The molecule has 0 aromatic carbocycles. The second-order valence-corrected chi connectivity index (χ2v) is 9.10. The average molecular weight is 313 g/mol. The highest BCUT2D eigenvalue weighted by molar-refractivity contribution is 7.91. The van der Waals surface area contributed by atoms with Gasteiger partial charge in [-0.25, -0.2) is 21.1 Å². The number of carboxylic acids is 1. The van der Waals surface area contributed by atoms with Crippen molar-refractivity contribution >= 4 is 25.8 Å². The van der Waals surface area contributed by atoms with Gasteiger partial charge in [0.05, 0.1) is 24.2 Å². The summed E-state index contributed by atoms with van der Waals surface area (Å²) in [6, 6.07) is 0. The van der Waals surface area contributed by atoms with Crippen molar-refractivity contribution in [1.29, 1.82) is 0 Å². The van der Waals surface area contributed by atoms with Crippen molar-refractivity contribution in [2.75, 3.05) is 30.9 Å². The van der Waals surface area contributed by atoms with Gasteiger partial charge in [0, 0.05) is 13.1 Å². The molecule has 1 aliphatic rings. The largest absolute Gasteiger partial charge is 0.481 e. The van der Waals surface area contributed by atoms with Crippen LogP contribution in [0, 0.1) is 5.92 Å². The molecule has 7 nitrogen and oxygen atoms in total. The topological polar surface area (TPSA) is 109 Å². The summed E-state index contributed by atoms with van der Waals surface area (Å²) in [7, 11) is -6.74. The molecule has 0 bridgehead atoms. The van der Waals surface area contributed by atoms with E-state index in [1.807, 2.05) is 0 Å². The van der Waals surface area contributed by atoms with Gasteiger partial charge in [0.25, 0.3) is 0 Å². The standard InChI is InChI=1S/C10H19NO6S2/c1-18(14,15)11-5-2-3-9(7-11)8-19(16,17)6-4-10(12)13/h9H,2-8H2,1H3,(H,12,13). The van der Waals surface area contributed by atoms with Gasteiger partial charge in [-0.2, -0.15) is 0 Å². The normalized spacial score (nSPS) is 22.3. The Morgan fingerprint density at radius 1 is 1.32 bits per heavy atom. The predicted molar refractivity (Wildman–Crippen MR) is 70.0 cm³/mol. The molecule has 1 rings (SSSR count). The molecule has 1 saturated heterocycles. The third kappa shape index (κ3) is 5.87. The first-order valence-corrected chi connectivity index (χ1v) is 9.64. The van der Waals surface area contributed by atoms with Gasteiger partial charge in [0.2, 0.25) is 10.0 Å². The van der Waals surface area contributed by atoms with Crippen molar-refractivity contribution in [1.82, 2.24) is 4.31 Å². The van der Waals surface area contributed by atoms with Crippen LogP contribution in [0.3, 0.4) is 0 Å². The fourth-order valence-electron chi connectivity index (χ4n) is 2.15. The van der Waals surface area contributed by atoms with Gasteiger partial charge < -0.3 is 5.11 Å². The summed E-state index contributed by atoms with van der Waals surface area (Å²) in [5, 5.41) is 8.48. The van der Waals surface area contributed by atoms with Gasteiger partial charge >= 0.3 is 5.97 Å². The number of rotatable bonds is 6. The maximum atomic E-state index is 11.7. The number of hydrogen-bond donors (Lipinski definition) is 1. The Labute approximate surface area is 113 Å². The number of sulfone groups is 1. The molecule has 1 heterocycles. The number of carbonyl (C=O) groups is 1. The van der Waals surface area contributed by atoms with Crippen LogP contribution in [-0.4, -0.2) is 63.1 Å². The van der Waals surface area contributed by atoms with Crippen molar-refractivity contribution < 1.29 is 26.7 Å². The van der Waals surface area contributed by atoms with E-state index in [4.69, 9.17) is 5.11 Å². The third-order valence-electron chi connectivity index (χ3n) is 3.07. The van der Waals surface area contributed by atoms with Crippen LogP contribution in [0.5, 0.6) is 0 Å². The third-order valence-corrected chi connectivity index (χ3v) is 6.14. The molecule has 0 aliphatic carbocycles. The molecule has 0 saturated carbocycles. The van der Waals surface area contributed by atoms with Crippen LogP contribution >= 0.6 is 0 Å². The van der Waals surface area contributed by atoms with E-state index < -0.39 is 38.0 Å². The quantitative estimate of drug-likeness (QED) is 0.711. The molecule has 9 heteroatoms. The lowest BCUT2D eigenvalue weighted by Crippen LogP contribution is -2.41. The number of nitrogens with zero attached hydrogens (tertiary/aromatic N) is 1. The van der Waals surface area contributed by atoms with E-state index in [9.17, 15) is 21.6 Å². The fourth-order valence-corrected chi connectivity index (χ4v) is 4.73. The Morgan fingerprint density at radius 3 is 2.47 bits per heavy atom. The molecule has 1 N–H and O–H groups in total. The molecule has 1 atom stereocenters. The maximum absolute atomic E-state index is 11.7. The Balaban J connectivity index is 2.59. The summed E-state index contributed by atoms with van der Waals surface area (Å²) in [5.41, 5.74) is 0. The van der Waals surface area contributed by atoms with Crippen molar-refractivity contribution in [2.45, 2.75) is 19.3 Å². The Kier molecular flexibility index (Phi) is 5.34. The summed E-state index contributed by atoms with van der Waals surface area (Å²) >= 11 is 0. The number of hydrogen-bond acceptors (Lipinski definition) is 5. The van der Waals surface area contributed by atoms with Crippen LogP contribution in [0.1, 0.15) is 19.3 Å². The van der Waals surface area contributed by atoms with Crippen LogP contribution in [0.25, 0.3) is 0 Å². The predicted octanol–water partition coefficient (Wildman–Crippen LogP) is -0.452. The zero-order chi connectivity index (χ0) is 14.7. The lowest BCUT2D eigenvalue weighted by molar-refractivity contribution is -0.136. The number of piperidine rings is 1. The van der Waals surface area contributed by atoms with Crippen LogP contribution < -0.4 is 0 Å². The van der Waals surface area contributed by atoms with Crippen molar-refractivity contribution in [2.24, 2.45) is 5.92 Å². The second-order valence-electron chi connectivity index (χ2n) is 4.89. The first-order valence-electron chi connectivity index (χ1n) is 5.97. The average Bonchev–Trinajstić information content (AvgIpc) is 2.25. The molecule has 0 spiro atoms. The Morgan fingerprint density at radius 2 is 1.95 bits per heavy atom. The smallest absolute Gasteiger partial charge is 0.304 e. The molecule has 19 heavy (non-hydrogen) atoms. The van der Waals surface area contributed by atoms with Crippen LogP contribution in [0.15, 0.2) is 0 Å². The first kappa shape index (κ1) is 16.4. The number of aliphatic carboxylic acids is 1. The summed E-state index contributed by atoms with van der Waals surface area (Å²) in [5.74, 6) is -1.93. The van der Waals surface area contributed by atoms with Crippen LogP contribution in [0.2, 0.25) is 0 Å².